The van der Waals surface area contributed by atoms with Crippen molar-refractivity contribution < 1.29 is 5.11 Å². The van der Waals surface area contributed by atoms with Gasteiger partial charge in [0.25, 0.3) is 0 Å². The third kappa shape index (κ3) is 1.74. The Labute approximate surface area is 69.2 Å². The van der Waals surface area contributed by atoms with E-state index in [1.54, 1.807) is 0 Å². The highest BCUT2D eigenvalue weighted by molar-refractivity contribution is 4.85. The Hall–Kier alpha value is -0.0800. The SMILES string of the molecule is CC1CCN(C(C)C)C1CO. The molecule has 0 radical (unpaired) electrons. The topological polar surface area (TPSA) is 23.5 Å². The highest BCUT2D eigenvalue weighted by Crippen LogP contribution is 2.24. The fourth-order valence-corrected chi connectivity index (χ4v) is 1.96. The van der Waals surface area contributed by atoms with Crippen molar-refractivity contribution in [1.29, 1.82) is 0 Å². The third-order valence-electron chi connectivity index (χ3n) is 2.78. The molecule has 1 N–H and O–H groups in total. The molecule has 0 aliphatic carbocycles. The van der Waals surface area contributed by atoms with Gasteiger partial charge in [0.05, 0.1) is 6.61 Å². The predicted octanol–water partition coefficient (Wildman–Crippen LogP) is 1.10. The van der Waals surface area contributed by atoms with E-state index in [2.05, 4.69) is 25.7 Å². The first-order valence-corrected chi connectivity index (χ1v) is 4.53. The Balaban J connectivity index is 2.54. The molecule has 2 atom stereocenters. The smallest absolute Gasteiger partial charge is 0.0589 e. The van der Waals surface area contributed by atoms with Crippen molar-refractivity contribution in [2.24, 2.45) is 5.92 Å². The van der Waals surface area contributed by atoms with E-state index in [1.165, 1.54) is 6.42 Å². The van der Waals surface area contributed by atoms with Gasteiger partial charge in [-0.25, -0.2) is 0 Å². The van der Waals surface area contributed by atoms with Gasteiger partial charge in [0.2, 0.25) is 0 Å². The maximum atomic E-state index is 9.11. The number of hydrogen-bond acceptors (Lipinski definition) is 2. The molecule has 11 heavy (non-hydrogen) atoms. The van der Waals surface area contributed by atoms with Crippen molar-refractivity contribution in [3.05, 3.63) is 0 Å². The maximum absolute atomic E-state index is 9.11. The molecule has 0 saturated carbocycles. The normalized spacial score (nSPS) is 33.5. The number of hydrogen-bond donors (Lipinski definition) is 1. The van der Waals surface area contributed by atoms with E-state index >= 15 is 0 Å². The zero-order chi connectivity index (χ0) is 8.43. The van der Waals surface area contributed by atoms with Gasteiger partial charge >= 0.3 is 0 Å². The van der Waals surface area contributed by atoms with Crippen LogP contribution >= 0.6 is 0 Å². The minimum absolute atomic E-state index is 0.319. The van der Waals surface area contributed by atoms with E-state index < -0.39 is 0 Å². The van der Waals surface area contributed by atoms with Crippen LogP contribution in [0, 0.1) is 5.92 Å². The molecular weight excluding hydrogens is 138 g/mol. The van der Waals surface area contributed by atoms with E-state index in [0.29, 0.717) is 24.6 Å². The van der Waals surface area contributed by atoms with Crippen LogP contribution in [0.1, 0.15) is 27.2 Å². The molecule has 2 unspecified atom stereocenters. The van der Waals surface area contributed by atoms with Gasteiger partial charge in [-0.15, -0.1) is 0 Å². The van der Waals surface area contributed by atoms with Gasteiger partial charge in [0.15, 0.2) is 0 Å². The number of aliphatic hydroxyl groups excluding tert-OH is 1. The molecule has 1 saturated heterocycles. The van der Waals surface area contributed by atoms with Gasteiger partial charge in [0, 0.05) is 12.1 Å². The van der Waals surface area contributed by atoms with Gasteiger partial charge in [-0.3, -0.25) is 4.90 Å². The lowest BCUT2D eigenvalue weighted by Gasteiger charge is -2.28. The van der Waals surface area contributed by atoms with Crippen molar-refractivity contribution in [2.45, 2.75) is 39.3 Å². The summed E-state index contributed by atoms with van der Waals surface area (Å²) in [6.07, 6.45) is 1.24. The zero-order valence-corrected chi connectivity index (χ0v) is 7.75. The van der Waals surface area contributed by atoms with Crippen molar-refractivity contribution >= 4 is 0 Å². The van der Waals surface area contributed by atoms with Crippen molar-refractivity contribution in [3.8, 4) is 0 Å². The lowest BCUT2D eigenvalue weighted by atomic mass is 10.0. The van der Waals surface area contributed by atoms with Gasteiger partial charge in [-0.05, 0) is 32.7 Å². The average Bonchev–Trinajstić information content (AvgIpc) is 2.30. The molecule has 1 aliphatic heterocycles. The van der Waals surface area contributed by atoms with Gasteiger partial charge in [-0.1, -0.05) is 6.92 Å². The Morgan fingerprint density at radius 1 is 1.55 bits per heavy atom. The molecule has 1 aliphatic rings. The fourth-order valence-electron chi connectivity index (χ4n) is 1.96. The standard InChI is InChI=1S/C9H19NO/c1-7(2)10-5-4-8(3)9(10)6-11/h7-9,11H,4-6H2,1-3H3. The summed E-state index contributed by atoms with van der Waals surface area (Å²) in [7, 11) is 0. The minimum atomic E-state index is 0.319. The van der Waals surface area contributed by atoms with Gasteiger partial charge < -0.3 is 5.11 Å². The molecule has 2 heteroatoms. The molecule has 66 valence electrons. The van der Waals surface area contributed by atoms with E-state index in [0.717, 1.165) is 6.54 Å². The van der Waals surface area contributed by atoms with E-state index in [4.69, 9.17) is 5.11 Å². The molecule has 0 amide bonds. The van der Waals surface area contributed by atoms with Gasteiger partial charge in [0.1, 0.15) is 0 Å². The largest absolute Gasteiger partial charge is 0.395 e. The first-order chi connectivity index (χ1) is 5.16. The van der Waals surface area contributed by atoms with Crippen molar-refractivity contribution in [3.63, 3.8) is 0 Å². The molecule has 0 aromatic heterocycles. The minimum Gasteiger partial charge on any atom is -0.395 e. The lowest BCUT2D eigenvalue weighted by Crippen LogP contribution is -2.39. The number of nitrogens with zero attached hydrogens (tertiary/aromatic N) is 1. The van der Waals surface area contributed by atoms with Crippen LogP contribution in [0.2, 0.25) is 0 Å². The lowest BCUT2D eigenvalue weighted by molar-refractivity contribution is 0.115. The Morgan fingerprint density at radius 3 is 2.55 bits per heavy atom. The molecule has 1 rings (SSSR count). The Kier molecular flexibility index (Phi) is 2.90. The van der Waals surface area contributed by atoms with Crippen molar-refractivity contribution in [1.82, 2.24) is 4.90 Å². The van der Waals surface area contributed by atoms with Crippen LogP contribution in [0.5, 0.6) is 0 Å². The van der Waals surface area contributed by atoms with Crippen LogP contribution in [0.4, 0.5) is 0 Å². The van der Waals surface area contributed by atoms with E-state index in [9.17, 15) is 0 Å². The Morgan fingerprint density at radius 2 is 2.18 bits per heavy atom. The quantitative estimate of drug-likeness (QED) is 0.649. The maximum Gasteiger partial charge on any atom is 0.0589 e. The molecule has 1 fully saturated rings. The summed E-state index contributed by atoms with van der Waals surface area (Å²) >= 11 is 0. The second-order valence-electron chi connectivity index (χ2n) is 3.85. The predicted molar refractivity (Wildman–Crippen MR) is 46.5 cm³/mol. The van der Waals surface area contributed by atoms with Crippen LogP contribution in [-0.2, 0) is 0 Å². The second-order valence-corrected chi connectivity index (χ2v) is 3.85. The molecule has 1 heterocycles. The number of likely N-dealkylation sites (tertiary alicyclic amines) is 1. The van der Waals surface area contributed by atoms with Crippen LogP contribution in [0.25, 0.3) is 0 Å². The zero-order valence-electron chi connectivity index (χ0n) is 7.75. The van der Waals surface area contributed by atoms with Crippen LogP contribution in [0.15, 0.2) is 0 Å². The molecule has 0 aromatic carbocycles. The number of rotatable bonds is 2. The summed E-state index contributed by atoms with van der Waals surface area (Å²) in [6.45, 7) is 8.09. The third-order valence-corrected chi connectivity index (χ3v) is 2.78. The van der Waals surface area contributed by atoms with Crippen LogP contribution in [-0.4, -0.2) is 35.2 Å². The second kappa shape index (κ2) is 3.55. The molecule has 0 spiro atoms. The summed E-state index contributed by atoms with van der Waals surface area (Å²) in [5.74, 6) is 0.669. The van der Waals surface area contributed by atoms with Crippen LogP contribution < -0.4 is 0 Å². The summed E-state index contributed by atoms with van der Waals surface area (Å²) in [6, 6.07) is 0.993. The summed E-state index contributed by atoms with van der Waals surface area (Å²) in [5, 5.41) is 9.11. The monoisotopic (exact) mass is 157 g/mol. The molecule has 0 aromatic rings. The molecule has 2 nitrogen and oxygen atoms in total. The summed E-state index contributed by atoms with van der Waals surface area (Å²) < 4.78 is 0. The summed E-state index contributed by atoms with van der Waals surface area (Å²) in [4.78, 5) is 2.39. The highest BCUT2D eigenvalue weighted by atomic mass is 16.3. The first-order valence-electron chi connectivity index (χ1n) is 4.53. The van der Waals surface area contributed by atoms with Gasteiger partial charge in [-0.2, -0.15) is 0 Å². The summed E-state index contributed by atoms with van der Waals surface area (Å²) in [5.41, 5.74) is 0. The average molecular weight is 157 g/mol. The number of aliphatic hydroxyl groups is 1. The Bertz CT molecular complexity index is 125. The fraction of sp³-hybridized carbons (Fsp3) is 1.00. The highest BCUT2D eigenvalue weighted by Gasteiger charge is 2.31. The van der Waals surface area contributed by atoms with E-state index in [-0.39, 0.29) is 0 Å². The molecular formula is C9H19NO. The van der Waals surface area contributed by atoms with Crippen LogP contribution in [0.3, 0.4) is 0 Å². The van der Waals surface area contributed by atoms with Crippen molar-refractivity contribution in [2.75, 3.05) is 13.2 Å². The van der Waals surface area contributed by atoms with E-state index in [1.807, 2.05) is 0 Å². The molecule has 0 bridgehead atoms. The first kappa shape index (κ1) is 9.01.